The maximum Gasteiger partial charge on any atom is 0.185 e. The standard InChI is InChI=1S/C17H19ClN4O/c1-12-19-21-11-20(13-6-3-2-4-7-13)10-15-14(17(21)22(12)23)8-5-9-16(15)18/h2-9,12,17,19,22H,10-11H2,1H3. The molecule has 0 aliphatic carbocycles. The molecule has 0 spiro atoms. The highest BCUT2D eigenvalue weighted by atomic mass is 35.5. The van der Waals surface area contributed by atoms with E-state index in [-0.39, 0.29) is 17.4 Å². The van der Waals surface area contributed by atoms with E-state index in [0.717, 1.165) is 21.8 Å². The molecule has 1 saturated heterocycles. The molecular weight excluding hydrogens is 312 g/mol. The average Bonchev–Trinajstić information content (AvgIpc) is 2.74. The van der Waals surface area contributed by atoms with Crippen LogP contribution in [0.4, 0.5) is 5.69 Å². The molecule has 2 aliphatic heterocycles. The van der Waals surface area contributed by atoms with Crippen LogP contribution in [0.3, 0.4) is 0 Å². The Kier molecular flexibility index (Phi) is 3.75. The van der Waals surface area contributed by atoms with Crippen molar-refractivity contribution in [2.24, 2.45) is 0 Å². The Morgan fingerprint density at radius 1 is 1.17 bits per heavy atom. The predicted molar refractivity (Wildman–Crippen MR) is 90.5 cm³/mol. The first-order valence-corrected chi connectivity index (χ1v) is 8.17. The lowest BCUT2D eigenvalue weighted by Gasteiger charge is -2.29. The summed E-state index contributed by atoms with van der Waals surface area (Å²) in [5.74, 6) is 0. The summed E-state index contributed by atoms with van der Waals surface area (Å²) in [4.78, 5) is 2.24. The minimum absolute atomic E-state index is 0.178. The third-order valence-electron chi connectivity index (χ3n) is 4.61. The molecule has 5 nitrogen and oxygen atoms in total. The van der Waals surface area contributed by atoms with Crippen molar-refractivity contribution in [2.45, 2.75) is 25.8 Å². The van der Waals surface area contributed by atoms with Crippen molar-refractivity contribution >= 4 is 17.3 Å². The molecule has 0 amide bonds. The van der Waals surface area contributed by atoms with Gasteiger partial charge in [-0.1, -0.05) is 41.9 Å². The number of rotatable bonds is 1. The fourth-order valence-corrected chi connectivity index (χ4v) is 3.70. The predicted octanol–water partition coefficient (Wildman–Crippen LogP) is 1.87. The first-order chi connectivity index (χ1) is 11.1. The number of nitrogens with zero attached hydrogens (tertiary/aromatic N) is 2. The summed E-state index contributed by atoms with van der Waals surface area (Å²) < 4.78 is 0. The Balaban J connectivity index is 1.81. The summed E-state index contributed by atoms with van der Waals surface area (Å²) in [6.07, 6.45) is -0.449. The Morgan fingerprint density at radius 2 is 1.96 bits per heavy atom. The fourth-order valence-electron chi connectivity index (χ4n) is 3.46. The molecule has 2 aliphatic rings. The van der Waals surface area contributed by atoms with Crippen molar-refractivity contribution in [3.05, 3.63) is 69.9 Å². The van der Waals surface area contributed by atoms with E-state index in [2.05, 4.69) is 22.5 Å². The lowest BCUT2D eigenvalue weighted by atomic mass is 10.0. The van der Waals surface area contributed by atoms with Crippen molar-refractivity contribution in [1.82, 2.24) is 10.4 Å². The van der Waals surface area contributed by atoms with Gasteiger partial charge in [0.1, 0.15) is 0 Å². The molecule has 0 saturated carbocycles. The molecule has 23 heavy (non-hydrogen) atoms. The number of fused-ring (bicyclic) bond motifs is 3. The molecule has 3 unspecified atom stereocenters. The molecule has 6 heteroatoms. The van der Waals surface area contributed by atoms with E-state index in [0.29, 0.717) is 13.2 Å². The van der Waals surface area contributed by atoms with Gasteiger partial charge in [-0.2, -0.15) is 10.4 Å². The number of anilines is 1. The largest absolute Gasteiger partial charge is 0.632 e. The fraction of sp³-hybridized carbons (Fsp3) is 0.294. The zero-order valence-electron chi connectivity index (χ0n) is 12.9. The minimum Gasteiger partial charge on any atom is -0.632 e. The number of halogens is 1. The van der Waals surface area contributed by atoms with Crippen LogP contribution in [0.5, 0.6) is 0 Å². The van der Waals surface area contributed by atoms with Crippen molar-refractivity contribution < 1.29 is 5.06 Å². The number of para-hydroxylation sites is 1. The first-order valence-electron chi connectivity index (χ1n) is 7.79. The number of nitrogens with one attached hydrogen (secondary N) is 2. The average molecular weight is 331 g/mol. The highest BCUT2D eigenvalue weighted by molar-refractivity contribution is 6.31. The van der Waals surface area contributed by atoms with E-state index in [1.54, 1.807) is 0 Å². The van der Waals surface area contributed by atoms with E-state index in [4.69, 9.17) is 11.6 Å². The second kappa shape index (κ2) is 5.78. The molecule has 1 fully saturated rings. The monoisotopic (exact) mass is 330 g/mol. The van der Waals surface area contributed by atoms with E-state index >= 15 is 0 Å². The van der Waals surface area contributed by atoms with Crippen LogP contribution in [0.25, 0.3) is 0 Å². The van der Waals surface area contributed by atoms with Crippen LogP contribution < -0.4 is 15.4 Å². The van der Waals surface area contributed by atoms with Gasteiger partial charge in [0.25, 0.3) is 0 Å². The highest BCUT2D eigenvalue weighted by Gasteiger charge is 2.42. The normalized spacial score (nSPS) is 27.4. The first kappa shape index (κ1) is 14.9. The quantitative estimate of drug-likeness (QED) is 0.784. The molecule has 2 N–H and O–H groups in total. The summed E-state index contributed by atoms with van der Waals surface area (Å²) in [7, 11) is 0. The van der Waals surface area contributed by atoms with E-state index in [1.165, 1.54) is 0 Å². The van der Waals surface area contributed by atoms with Crippen molar-refractivity contribution in [3.63, 3.8) is 0 Å². The van der Waals surface area contributed by atoms with Crippen molar-refractivity contribution in [1.29, 1.82) is 0 Å². The smallest absolute Gasteiger partial charge is 0.185 e. The van der Waals surface area contributed by atoms with Gasteiger partial charge in [0.2, 0.25) is 0 Å². The van der Waals surface area contributed by atoms with Gasteiger partial charge in [-0.05, 0) is 18.2 Å². The number of hydroxylamine groups is 2. The van der Waals surface area contributed by atoms with Crippen LogP contribution in [-0.2, 0) is 6.54 Å². The molecule has 0 radical (unpaired) electrons. The van der Waals surface area contributed by atoms with Crippen LogP contribution in [0, 0.1) is 5.21 Å². The Hall–Kier alpha value is -1.63. The summed E-state index contributed by atoms with van der Waals surface area (Å²) >= 11 is 6.47. The lowest BCUT2D eigenvalue weighted by Crippen LogP contribution is -3.10. The van der Waals surface area contributed by atoms with Gasteiger partial charge >= 0.3 is 0 Å². The van der Waals surface area contributed by atoms with Gasteiger partial charge in [-0.25, -0.2) is 0 Å². The molecular formula is C17H19ClN4O. The van der Waals surface area contributed by atoms with Crippen molar-refractivity contribution in [2.75, 3.05) is 11.6 Å². The maximum atomic E-state index is 12.6. The summed E-state index contributed by atoms with van der Waals surface area (Å²) in [6.45, 7) is 3.24. The highest BCUT2D eigenvalue weighted by Crippen LogP contribution is 2.33. The second-order valence-corrected chi connectivity index (χ2v) is 6.52. The van der Waals surface area contributed by atoms with Gasteiger partial charge in [0.05, 0.1) is 6.67 Å². The van der Waals surface area contributed by atoms with E-state index in [9.17, 15) is 5.21 Å². The molecule has 2 heterocycles. The van der Waals surface area contributed by atoms with Gasteiger partial charge in [-0.3, -0.25) is 0 Å². The number of hydrazine groups is 1. The third-order valence-corrected chi connectivity index (χ3v) is 4.96. The van der Waals surface area contributed by atoms with Gasteiger partial charge in [-0.15, -0.1) is 0 Å². The number of benzene rings is 2. The molecule has 0 aromatic heterocycles. The van der Waals surface area contributed by atoms with Crippen LogP contribution in [0.15, 0.2) is 48.5 Å². The molecule has 3 atom stereocenters. The zero-order chi connectivity index (χ0) is 16.0. The Morgan fingerprint density at radius 3 is 2.74 bits per heavy atom. The molecule has 4 rings (SSSR count). The van der Waals surface area contributed by atoms with Gasteiger partial charge in [0.15, 0.2) is 12.3 Å². The molecule has 0 bridgehead atoms. The lowest BCUT2D eigenvalue weighted by molar-refractivity contribution is -0.898. The third kappa shape index (κ3) is 2.51. The van der Waals surface area contributed by atoms with Crippen LogP contribution in [0.2, 0.25) is 5.02 Å². The maximum absolute atomic E-state index is 12.6. The van der Waals surface area contributed by atoms with E-state index in [1.807, 2.05) is 48.3 Å². The number of hydrogen-bond acceptors (Lipinski definition) is 4. The SMILES string of the molecule is CC1NN2CN(c3ccccc3)Cc3c(Cl)cccc3C2[NH+]1[O-]. The summed E-state index contributed by atoms with van der Waals surface area (Å²) in [5, 5.41) is 15.6. The zero-order valence-corrected chi connectivity index (χ0v) is 13.6. The van der Waals surface area contributed by atoms with Gasteiger partial charge < -0.3 is 15.2 Å². The van der Waals surface area contributed by atoms with Gasteiger partial charge in [0, 0.05) is 35.3 Å². The number of hydrogen-bond donors (Lipinski definition) is 2. The minimum atomic E-state index is -0.271. The molecule has 2 aromatic carbocycles. The van der Waals surface area contributed by atoms with Crippen LogP contribution in [-0.4, -0.2) is 17.8 Å². The molecule has 2 aromatic rings. The van der Waals surface area contributed by atoms with Crippen LogP contribution in [0.1, 0.15) is 24.2 Å². The van der Waals surface area contributed by atoms with Crippen molar-refractivity contribution in [3.8, 4) is 0 Å². The summed E-state index contributed by atoms with van der Waals surface area (Å²) in [6, 6.07) is 16.1. The van der Waals surface area contributed by atoms with Crippen LogP contribution >= 0.6 is 11.6 Å². The summed E-state index contributed by atoms with van der Waals surface area (Å²) in [5.41, 5.74) is 6.47. The number of quaternary nitrogens is 1. The molecule has 120 valence electrons. The second-order valence-electron chi connectivity index (χ2n) is 6.11. The van der Waals surface area contributed by atoms with E-state index < -0.39 is 0 Å². The topological polar surface area (TPSA) is 46.0 Å². The Bertz CT molecular complexity index is 711. The Labute approximate surface area is 140 Å².